The Morgan fingerprint density at radius 2 is 2.19 bits per heavy atom. The average Bonchev–Trinajstić information content (AvgIpc) is 3.17. The SMILES string of the molecule is CC1(c2nc(-c3cnc4ccsc4c3)no2)CCNCC1. The summed E-state index contributed by atoms with van der Waals surface area (Å²) in [4.78, 5) is 9.06. The summed E-state index contributed by atoms with van der Waals surface area (Å²) in [6.07, 6.45) is 3.86. The average molecular weight is 300 g/mol. The molecule has 0 saturated carbocycles. The van der Waals surface area contributed by atoms with Crippen LogP contribution in [-0.2, 0) is 5.41 Å². The Balaban J connectivity index is 1.70. The predicted octanol–water partition coefficient (Wildman–Crippen LogP) is 2.99. The van der Waals surface area contributed by atoms with Crippen LogP contribution >= 0.6 is 11.3 Å². The lowest BCUT2D eigenvalue weighted by atomic mass is 9.81. The number of nitrogens with zero attached hydrogens (tertiary/aromatic N) is 3. The van der Waals surface area contributed by atoms with Crippen molar-refractivity contribution in [2.45, 2.75) is 25.2 Å². The van der Waals surface area contributed by atoms with Crippen molar-refractivity contribution in [2.75, 3.05) is 13.1 Å². The van der Waals surface area contributed by atoms with E-state index >= 15 is 0 Å². The van der Waals surface area contributed by atoms with E-state index in [0.717, 1.165) is 47.6 Å². The van der Waals surface area contributed by atoms with Crippen LogP contribution in [0.1, 0.15) is 25.7 Å². The lowest BCUT2D eigenvalue weighted by Crippen LogP contribution is -2.37. The van der Waals surface area contributed by atoms with Gasteiger partial charge in [-0.25, -0.2) is 0 Å². The molecule has 0 amide bonds. The van der Waals surface area contributed by atoms with Crippen LogP contribution < -0.4 is 5.32 Å². The molecule has 0 aliphatic carbocycles. The Kier molecular flexibility index (Phi) is 3.01. The maximum Gasteiger partial charge on any atom is 0.232 e. The summed E-state index contributed by atoms with van der Waals surface area (Å²) in [5.41, 5.74) is 1.91. The van der Waals surface area contributed by atoms with Crippen LogP contribution in [0.15, 0.2) is 28.2 Å². The predicted molar refractivity (Wildman–Crippen MR) is 82.4 cm³/mol. The minimum Gasteiger partial charge on any atom is -0.338 e. The largest absolute Gasteiger partial charge is 0.338 e. The molecule has 6 heteroatoms. The number of hydrogen-bond acceptors (Lipinski definition) is 6. The van der Waals surface area contributed by atoms with Crippen LogP contribution in [0.4, 0.5) is 0 Å². The van der Waals surface area contributed by atoms with Gasteiger partial charge in [0.15, 0.2) is 0 Å². The molecule has 3 aromatic rings. The van der Waals surface area contributed by atoms with E-state index in [9.17, 15) is 0 Å². The molecular weight excluding hydrogens is 284 g/mol. The smallest absolute Gasteiger partial charge is 0.232 e. The van der Waals surface area contributed by atoms with Gasteiger partial charge in [-0.2, -0.15) is 4.98 Å². The summed E-state index contributed by atoms with van der Waals surface area (Å²) in [6.45, 7) is 4.19. The van der Waals surface area contributed by atoms with Gasteiger partial charge in [-0.15, -0.1) is 11.3 Å². The lowest BCUT2D eigenvalue weighted by Gasteiger charge is -2.30. The van der Waals surface area contributed by atoms with Crippen molar-refractivity contribution in [1.82, 2.24) is 20.4 Å². The third-order valence-corrected chi connectivity index (χ3v) is 5.06. The van der Waals surface area contributed by atoms with E-state index in [1.807, 2.05) is 17.6 Å². The van der Waals surface area contributed by atoms with Crippen molar-refractivity contribution >= 4 is 21.6 Å². The molecule has 0 spiro atoms. The summed E-state index contributed by atoms with van der Waals surface area (Å²) in [6, 6.07) is 4.09. The first-order valence-corrected chi connectivity index (χ1v) is 8.01. The Hall–Kier alpha value is -1.79. The van der Waals surface area contributed by atoms with Crippen molar-refractivity contribution < 1.29 is 4.52 Å². The normalized spacial score (nSPS) is 18.1. The minimum atomic E-state index is -0.0169. The first-order chi connectivity index (χ1) is 10.2. The number of hydrogen-bond donors (Lipinski definition) is 1. The first kappa shape index (κ1) is 12.9. The second-order valence-electron chi connectivity index (χ2n) is 5.76. The highest BCUT2D eigenvalue weighted by molar-refractivity contribution is 7.17. The number of piperidine rings is 1. The Bertz CT molecular complexity index is 773. The Morgan fingerprint density at radius 1 is 1.33 bits per heavy atom. The van der Waals surface area contributed by atoms with Gasteiger partial charge in [0.25, 0.3) is 0 Å². The number of fused-ring (bicyclic) bond motifs is 1. The van der Waals surface area contributed by atoms with E-state index in [1.165, 1.54) is 0 Å². The van der Waals surface area contributed by atoms with E-state index in [2.05, 4.69) is 33.4 Å². The van der Waals surface area contributed by atoms with Crippen LogP contribution in [0.25, 0.3) is 21.6 Å². The van der Waals surface area contributed by atoms with Gasteiger partial charge >= 0.3 is 0 Å². The first-order valence-electron chi connectivity index (χ1n) is 7.13. The maximum atomic E-state index is 5.54. The molecule has 0 aromatic carbocycles. The molecule has 1 aliphatic heterocycles. The van der Waals surface area contributed by atoms with Crippen LogP contribution in [0.3, 0.4) is 0 Å². The van der Waals surface area contributed by atoms with E-state index in [-0.39, 0.29) is 5.41 Å². The minimum absolute atomic E-state index is 0.0169. The van der Waals surface area contributed by atoms with E-state index < -0.39 is 0 Å². The van der Waals surface area contributed by atoms with Crippen LogP contribution in [0.5, 0.6) is 0 Å². The van der Waals surface area contributed by atoms with Gasteiger partial charge in [-0.3, -0.25) is 4.98 Å². The fourth-order valence-corrected chi connectivity index (χ4v) is 3.53. The molecule has 4 rings (SSSR count). The third kappa shape index (κ3) is 2.24. The maximum absolute atomic E-state index is 5.54. The van der Waals surface area contributed by atoms with Gasteiger partial charge in [0, 0.05) is 17.2 Å². The highest BCUT2D eigenvalue weighted by Gasteiger charge is 2.34. The molecule has 1 fully saturated rings. The van der Waals surface area contributed by atoms with Crippen LogP contribution in [0.2, 0.25) is 0 Å². The second kappa shape index (κ2) is 4.89. The zero-order chi connectivity index (χ0) is 14.3. The number of nitrogens with one attached hydrogen (secondary N) is 1. The number of aromatic nitrogens is 3. The van der Waals surface area contributed by atoms with Crippen molar-refractivity contribution in [2.24, 2.45) is 0 Å². The summed E-state index contributed by atoms with van der Waals surface area (Å²) in [5.74, 6) is 1.37. The van der Waals surface area contributed by atoms with E-state index in [1.54, 1.807) is 11.3 Å². The number of thiophene rings is 1. The third-order valence-electron chi connectivity index (χ3n) is 4.21. The van der Waals surface area contributed by atoms with Crippen molar-refractivity contribution in [3.8, 4) is 11.4 Å². The molecular formula is C15H16N4OS. The fourth-order valence-electron chi connectivity index (χ4n) is 2.75. The van der Waals surface area contributed by atoms with Gasteiger partial charge in [0.1, 0.15) is 0 Å². The molecule has 1 saturated heterocycles. The molecule has 0 bridgehead atoms. The molecule has 3 aromatic heterocycles. The molecule has 4 heterocycles. The van der Waals surface area contributed by atoms with Crippen molar-refractivity contribution in [1.29, 1.82) is 0 Å². The van der Waals surface area contributed by atoms with Gasteiger partial charge in [-0.1, -0.05) is 12.1 Å². The fraction of sp³-hybridized carbons (Fsp3) is 0.400. The quantitative estimate of drug-likeness (QED) is 0.788. The molecule has 0 unspecified atom stereocenters. The zero-order valence-electron chi connectivity index (χ0n) is 11.8. The van der Waals surface area contributed by atoms with Crippen LogP contribution in [-0.4, -0.2) is 28.2 Å². The molecule has 1 N–H and O–H groups in total. The lowest BCUT2D eigenvalue weighted by molar-refractivity contribution is 0.241. The van der Waals surface area contributed by atoms with Gasteiger partial charge < -0.3 is 9.84 Å². The standard InChI is InChI=1S/C15H16N4OS/c1-15(3-5-16-6-4-15)14-18-13(19-20-14)10-8-12-11(17-9-10)2-7-21-12/h2,7-9,16H,3-6H2,1H3. The van der Waals surface area contributed by atoms with Gasteiger partial charge in [0.2, 0.25) is 11.7 Å². The molecule has 108 valence electrons. The highest BCUT2D eigenvalue weighted by atomic mass is 32.1. The molecule has 0 radical (unpaired) electrons. The Morgan fingerprint density at radius 3 is 3.05 bits per heavy atom. The monoisotopic (exact) mass is 300 g/mol. The second-order valence-corrected chi connectivity index (χ2v) is 6.71. The molecule has 0 atom stereocenters. The molecule has 1 aliphatic rings. The van der Waals surface area contributed by atoms with E-state index in [4.69, 9.17) is 4.52 Å². The number of pyridine rings is 1. The Labute approximate surface area is 126 Å². The summed E-state index contributed by atoms with van der Waals surface area (Å²) >= 11 is 1.67. The summed E-state index contributed by atoms with van der Waals surface area (Å²) < 4.78 is 6.69. The van der Waals surface area contributed by atoms with E-state index in [0.29, 0.717) is 5.82 Å². The van der Waals surface area contributed by atoms with Crippen LogP contribution in [0, 0.1) is 0 Å². The highest BCUT2D eigenvalue weighted by Crippen LogP contribution is 2.33. The molecule has 21 heavy (non-hydrogen) atoms. The van der Waals surface area contributed by atoms with Crippen molar-refractivity contribution in [3.63, 3.8) is 0 Å². The topological polar surface area (TPSA) is 63.8 Å². The molecule has 5 nitrogen and oxygen atoms in total. The van der Waals surface area contributed by atoms with Gasteiger partial charge in [0.05, 0.1) is 10.2 Å². The summed E-state index contributed by atoms with van der Waals surface area (Å²) in [5, 5.41) is 9.56. The zero-order valence-corrected chi connectivity index (χ0v) is 12.6. The van der Waals surface area contributed by atoms with Gasteiger partial charge in [-0.05, 0) is 43.4 Å². The van der Waals surface area contributed by atoms with Crippen molar-refractivity contribution in [3.05, 3.63) is 29.6 Å². The summed E-state index contributed by atoms with van der Waals surface area (Å²) in [7, 11) is 0. The number of rotatable bonds is 2.